The van der Waals surface area contributed by atoms with Crippen LogP contribution >= 0.6 is 0 Å². The van der Waals surface area contributed by atoms with Crippen molar-refractivity contribution in [3.63, 3.8) is 0 Å². The smallest absolute Gasteiger partial charge is 0.306 e. The second kappa shape index (κ2) is 9.32. The quantitative estimate of drug-likeness (QED) is 0.393. The number of hydrogen-bond acceptors (Lipinski definition) is 6. The molecule has 0 aliphatic heterocycles. The topological polar surface area (TPSA) is 102 Å². The summed E-state index contributed by atoms with van der Waals surface area (Å²) in [6.07, 6.45) is 7.23. The third-order valence-corrected chi connectivity index (χ3v) is 10.9. The standard InChI is InChI=1S/C28H49NO5/c1-16(7-10-24(32)33-26(2,3)4)19-8-9-20-25-21(15-23(31)28(19,20)6)27(5)12-11-18(34-29)13-17(27)14-22(25)30/h16-23,25,30-31H,7-15,29H2,1-6H3/t16-,17+,18+,19-,20?,21+,22?,23?,25+,27+,28-/m1/s1. The molecule has 0 amide bonds. The summed E-state index contributed by atoms with van der Waals surface area (Å²) >= 11 is 0. The van der Waals surface area contributed by atoms with Crippen LogP contribution in [0.2, 0.25) is 0 Å². The van der Waals surface area contributed by atoms with Crippen LogP contribution in [0.4, 0.5) is 0 Å². The fourth-order valence-electron chi connectivity index (χ4n) is 9.18. The molecule has 34 heavy (non-hydrogen) atoms. The molecule has 4 aliphatic carbocycles. The van der Waals surface area contributed by atoms with E-state index in [1.165, 1.54) is 0 Å². The van der Waals surface area contributed by atoms with Crippen molar-refractivity contribution < 1.29 is 24.6 Å². The van der Waals surface area contributed by atoms with E-state index in [1.54, 1.807) is 0 Å². The molecule has 0 aromatic rings. The average molecular weight is 480 g/mol. The molecular weight excluding hydrogens is 430 g/mol. The van der Waals surface area contributed by atoms with E-state index >= 15 is 0 Å². The Balaban J connectivity index is 1.50. The highest BCUT2D eigenvalue weighted by Crippen LogP contribution is 2.68. The van der Waals surface area contributed by atoms with E-state index in [9.17, 15) is 15.0 Å². The van der Waals surface area contributed by atoms with Gasteiger partial charge in [-0.1, -0.05) is 20.8 Å². The molecule has 0 heterocycles. The first-order valence-electron chi connectivity index (χ1n) is 13.7. The third-order valence-electron chi connectivity index (χ3n) is 10.9. The van der Waals surface area contributed by atoms with Gasteiger partial charge in [0, 0.05) is 6.42 Å². The minimum atomic E-state index is -0.458. The number of fused-ring (bicyclic) bond motifs is 5. The SMILES string of the molecule is C[C@H](CCC(=O)OC(C)(C)C)[C@H]1CCC2[C@@H]3C(O)C[C@@H]4C[C@@H](ON)CC[C@]4(C)[C@H]3CC(O)[C@@]21C. The Kier molecular flexibility index (Phi) is 7.23. The van der Waals surface area contributed by atoms with Gasteiger partial charge in [0.25, 0.3) is 0 Å². The summed E-state index contributed by atoms with van der Waals surface area (Å²) in [5.74, 6) is 7.38. The minimum Gasteiger partial charge on any atom is -0.460 e. The number of aliphatic hydroxyl groups excluding tert-OH is 2. The van der Waals surface area contributed by atoms with E-state index in [-0.39, 0.29) is 41.0 Å². The van der Waals surface area contributed by atoms with Crippen LogP contribution in [0.15, 0.2) is 0 Å². The number of hydrogen-bond donors (Lipinski definition) is 3. The maximum atomic E-state index is 12.3. The molecule has 6 heteroatoms. The Hall–Kier alpha value is -0.690. The van der Waals surface area contributed by atoms with E-state index in [1.807, 2.05) is 20.8 Å². The summed E-state index contributed by atoms with van der Waals surface area (Å²) < 4.78 is 5.53. The van der Waals surface area contributed by atoms with Crippen LogP contribution in [0.5, 0.6) is 0 Å². The lowest BCUT2D eigenvalue weighted by molar-refractivity contribution is -0.209. The first-order chi connectivity index (χ1) is 15.8. The zero-order chi connectivity index (χ0) is 25.1. The van der Waals surface area contributed by atoms with Gasteiger partial charge in [-0.05, 0) is 118 Å². The van der Waals surface area contributed by atoms with Crippen molar-refractivity contribution in [2.24, 2.45) is 52.2 Å². The maximum absolute atomic E-state index is 12.3. The van der Waals surface area contributed by atoms with Crippen LogP contribution in [0.1, 0.15) is 99.3 Å². The fourth-order valence-corrected chi connectivity index (χ4v) is 9.18. The molecule has 0 spiro atoms. The van der Waals surface area contributed by atoms with Crippen LogP contribution in [-0.4, -0.2) is 40.1 Å². The van der Waals surface area contributed by atoms with E-state index in [2.05, 4.69) is 20.8 Å². The van der Waals surface area contributed by atoms with Crippen LogP contribution in [0.3, 0.4) is 0 Å². The molecule has 0 saturated heterocycles. The zero-order valence-corrected chi connectivity index (χ0v) is 22.3. The number of carbonyl (C=O) groups is 1. The molecule has 0 aromatic heterocycles. The molecule has 196 valence electrons. The Labute approximate surface area is 206 Å². The van der Waals surface area contributed by atoms with Gasteiger partial charge in [-0.15, -0.1) is 0 Å². The van der Waals surface area contributed by atoms with Gasteiger partial charge < -0.3 is 19.8 Å². The van der Waals surface area contributed by atoms with Crippen LogP contribution in [-0.2, 0) is 14.4 Å². The molecular formula is C28H49NO5. The highest BCUT2D eigenvalue weighted by Gasteiger charge is 2.65. The Morgan fingerprint density at radius 3 is 2.44 bits per heavy atom. The number of aliphatic hydroxyl groups is 2. The maximum Gasteiger partial charge on any atom is 0.306 e. The van der Waals surface area contributed by atoms with E-state index in [0.29, 0.717) is 36.0 Å². The average Bonchev–Trinajstić information content (AvgIpc) is 3.10. The number of rotatable bonds is 5. The number of nitrogens with two attached hydrogens (primary N) is 1. The highest BCUT2D eigenvalue weighted by molar-refractivity contribution is 5.69. The number of carbonyl (C=O) groups excluding carboxylic acids is 1. The van der Waals surface area contributed by atoms with Gasteiger partial charge >= 0.3 is 5.97 Å². The second-order valence-electron chi connectivity index (χ2n) is 13.7. The second-order valence-corrected chi connectivity index (χ2v) is 13.7. The third kappa shape index (κ3) is 4.46. The zero-order valence-electron chi connectivity index (χ0n) is 22.3. The lowest BCUT2D eigenvalue weighted by atomic mass is 9.43. The Morgan fingerprint density at radius 1 is 1.09 bits per heavy atom. The lowest BCUT2D eigenvalue weighted by Crippen LogP contribution is -2.62. The highest BCUT2D eigenvalue weighted by atomic mass is 16.6. The summed E-state index contributed by atoms with van der Waals surface area (Å²) in [6.45, 7) is 12.6. The van der Waals surface area contributed by atoms with Crippen molar-refractivity contribution >= 4 is 5.97 Å². The largest absolute Gasteiger partial charge is 0.460 e. The number of ether oxygens (including phenoxy) is 1. The molecule has 0 radical (unpaired) electrons. The molecule has 0 aromatic carbocycles. The van der Waals surface area contributed by atoms with Crippen molar-refractivity contribution in [1.82, 2.24) is 0 Å². The molecule has 6 nitrogen and oxygen atoms in total. The molecule has 4 rings (SSSR count). The predicted molar refractivity (Wildman–Crippen MR) is 131 cm³/mol. The van der Waals surface area contributed by atoms with Gasteiger partial charge in [0.05, 0.1) is 18.3 Å². The first kappa shape index (κ1) is 26.4. The van der Waals surface area contributed by atoms with E-state index in [4.69, 9.17) is 15.5 Å². The summed E-state index contributed by atoms with van der Waals surface area (Å²) in [5.41, 5.74) is -0.544. The van der Waals surface area contributed by atoms with Crippen LogP contribution in [0, 0.1) is 46.3 Å². The van der Waals surface area contributed by atoms with Gasteiger partial charge in [-0.3, -0.25) is 4.79 Å². The Morgan fingerprint density at radius 2 is 1.79 bits per heavy atom. The lowest BCUT2D eigenvalue weighted by Gasteiger charge is -2.63. The summed E-state index contributed by atoms with van der Waals surface area (Å²) in [7, 11) is 0. The molecule has 4 N–H and O–H groups in total. The van der Waals surface area contributed by atoms with Gasteiger partial charge in [0.2, 0.25) is 0 Å². The molecule has 4 fully saturated rings. The van der Waals surface area contributed by atoms with Crippen molar-refractivity contribution in [2.75, 3.05) is 0 Å². The van der Waals surface area contributed by atoms with Gasteiger partial charge in [-0.25, -0.2) is 5.90 Å². The predicted octanol–water partition coefficient (Wildman–Crippen LogP) is 4.60. The first-order valence-corrected chi connectivity index (χ1v) is 13.7. The summed E-state index contributed by atoms with van der Waals surface area (Å²) in [6, 6.07) is 0. The van der Waals surface area contributed by atoms with Gasteiger partial charge in [-0.2, -0.15) is 0 Å². The van der Waals surface area contributed by atoms with Crippen LogP contribution < -0.4 is 5.90 Å². The van der Waals surface area contributed by atoms with Crippen molar-refractivity contribution in [2.45, 2.75) is 123 Å². The van der Waals surface area contributed by atoms with Crippen LogP contribution in [0.25, 0.3) is 0 Å². The van der Waals surface area contributed by atoms with Crippen molar-refractivity contribution in [3.05, 3.63) is 0 Å². The van der Waals surface area contributed by atoms with E-state index in [0.717, 1.165) is 51.4 Å². The van der Waals surface area contributed by atoms with Gasteiger partial charge in [0.1, 0.15) is 5.60 Å². The van der Waals surface area contributed by atoms with Crippen molar-refractivity contribution in [3.8, 4) is 0 Å². The fraction of sp³-hybridized carbons (Fsp3) is 0.964. The van der Waals surface area contributed by atoms with Gasteiger partial charge in [0.15, 0.2) is 0 Å². The van der Waals surface area contributed by atoms with E-state index < -0.39 is 5.60 Å². The molecule has 0 bridgehead atoms. The molecule has 11 atom stereocenters. The molecule has 4 saturated carbocycles. The normalized spacial score (nSPS) is 47.3. The molecule has 4 aliphatic rings. The summed E-state index contributed by atoms with van der Waals surface area (Å²) in [4.78, 5) is 17.5. The Bertz CT molecular complexity index is 752. The summed E-state index contributed by atoms with van der Waals surface area (Å²) in [5, 5.41) is 23.2. The number of esters is 1. The van der Waals surface area contributed by atoms with Crippen molar-refractivity contribution in [1.29, 1.82) is 0 Å². The molecule has 3 unspecified atom stereocenters. The monoisotopic (exact) mass is 479 g/mol. The minimum absolute atomic E-state index is 0.0855.